The van der Waals surface area contributed by atoms with Gasteiger partial charge in [0.15, 0.2) is 0 Å². The maximum Gasteiger partial charge on any atom is 0.256 e. The van der Waals surface area contributed by atoms with E-state index < -0.39 is 0 Å². The van der Waals surface area contributed by atoms with Gasteiger partial charge in [-0.3, -0.25) is 9.59 Å². The van der Waals surface area contributed by atoms with Crippen molar-refractivity contribution in [1.82, 2.24) is 9.78 Å². The maximum absolute atomic E-state index is 13.1. The molecule has 0 unspecified atom stereocenters. The number of carbonyl (C=O) groups is 2. The van der Waals surface area contributed by atoms with Gasteiger partial charge in [0.25, 0.3) is 5.91 Å². The van der Waals surface area contributed by atoms with E-state index in [1.165, 1.54) is 0 Å². The largest absolute Gasteiger partial charge is 0.496 e. The van der Waals surface area contributed by atoms with E-state index in [0.717, 1.165) is 29.7 Å². The Morgan fingerprint density at radius 3 is 2.34 bits per heavy atom. The Morgan fingerprint density at radius 1 is 0.943 bits per heavy atom. The Hall–Kier alpha value is -4.39. The van der Waals surface area contributed by atoms with Crippen LogP contribution >= 0.6 is 0 Å². The minimum Gasteiger partial charge on any atom is -0.496 e. The molecule has 0 saturated heterocycles. The molecule has 4 aromatic rings. The van der Waals surface area contributed by atoms with Crippen molar-refractivity contribution in [2.45, 2.75) is 19.8 Å². The number of nitrogens with one attached hydrogen (secondary N) is 2. The zero-order valence-corrected chi connectivity index (χ0v) is 19.6. The Balaban J connectivity index is 1.43. The quantitative estimate of drug-likeness (QED) is 0.379. The third kappa shape index (κ3) is 4.94. The van der Waals surface area contributed by atoms with Crippen molar-refractivity contribution in [2.75, 3.05) is 17.7 Å². The van der Waals surface area contributed by atoms with Gasteiger partial charge in [0.2, 0.25) is 5.91 Å². The minimum absolute atomic E-state index is 0.0353. The van der Waals surface area contributed by atoms with Gasteiger partial charge >= 0.3 is 0 Å². The number of benzene rings is 3. The number of nitrogens with zero attached hydrogens (tertiary/aromatic N) is 2. The van der Waals surface area contributed by atoms with E-state index in [2.05, 4.69) is 10.6 Å². The van der Waals surface area contributed by atoms with Crippen LogP contribution < -0.4 is 15.4 Å². The monoisotopic (exact) mass is 466 g/mol. The van der Waals surface area contributed by atoms with Gasteiger partial charge in [0.05, 0.1) is 18.5 Å². The molecule has 0 spiro atoms. The van der Waals surface area contributed by atoms with Crippen LogP contribution in [-0.2, 0) is 4.79 Å². The predicted molar refractivity (Wildman–Crippen MR) is 136 cm³/mol. The number of para-hydroxylation sites is 1. The van der Waals surface area contributed by atoms with Gasteiger partial charge in [-0.15, -0.1) is 0 Å². The lowest BCUT2D eigenvalue weighted by Gasteiger charge is -2.10. The van der Waals surface area contributed by atoms with Gasteiger partial charge in [-0.25, -0.2) is 4.68 Å². The molecule has 7 nitrogen and oxygen atoms in total. The number of amides is 2. The van der Waals surface area contributed by atoms with Crippen molar-refractivity contribution < 1.29 is 14.3 Å². The molecule has 1 saturated carbocycles. The number of aryl methyl sites for hydroxylation is 1. The van der Waals surface area contributed by atoms with Crippen molar-refractivity contribution in [3.8, 4) is 22.7 Å². The van der Waals surface area contributed by atoms with E-state index in [1.807, 2.05) is 61.5 Å². The highest BCUT2D eigenvalue weighted by Crippen LogP contribution is 2.32. The summed E-state index contributed by atoms with van der Waals surface area (Å²) >= 11 is 0. The third-order valence-electron chi connectivity index (χ3n) is 5.98. The van der Waals surface area contributed by atoms with Crippen LogP contribution in [0.2, 0.25) is 0 Å². The van der Waals surface area contributed by atoms with E-state index >= 15 is 0 Å². The smallest absolute Gasteiger partial charge is 0.256 e. The first-order chi connectivity index (χ1) is 17.0. The molecular formula is C28H26N4O3. The number of carbonyl (C=O) groups excluding carboxylic acids is 2. The molecule has 1 fully saturated rings. The summed E-state index contributed by atoms with van der Waals surface area (Å²) in [7, 11) is 1.62. The normalized spacial score (nSPS) is 12.7. The van der Waals surface area contributed by atoms with Crippen LogP contribution in [0.15, 0.2) is 78.9 Å². The number of anilines is 2. The average Bonchev–Trinajstić information content (AvgIpc) is 3.66. The Labute approximate surface area is 203 Å². The van der Waals surface area contributed by atoms with Gasteiger partial charge in [0.1, 0.15) is 11.6 Å². The molecule has 1 aliphatic rings. The van der Waals surface area contributed by atoms with Gasteiger partial charge in [-0.05, 0) is 68.3 Å². The van der Waals surface area contributed by atoms with E-state index in [1.54, 1.807) is 36.1 Å². The summed E-state index contributed by atoms with van der Waals surface area (Å²) in [5.41, 5.74) is 4.62. The molecule has 35 heavy (non-hydrogen) atoms. The van der Waals surface area contributed by atoms with Crippen LogP contribution in [0.1, 0.15) is 28.8 Å². The molecule has 1 aromatic heterocycles. The molecule has 7 heteroatoms. The first-order valence-corrected chi connectivity index (χ1v) is 11.5. The minimum atomic E-state index is -0.273. The average molecular weight is 467 g/mol. The second-order valence-corrected chi connectivity index (χ2v) is 8.66. The topological polar surface area (TPSA) is 85.3 Å². The van der Waals surface area contributed by atoms with Crippen LogP contribution in [-0.4, -0.2) is 28.7 Å². The molecule has 0 atom stereocenters. The van der Waals surface area contributed by atoms with Crippen molar-refractivity contribution in [2.24, 2.45) is 5.92 Å². The van der Waals surface area contributed by atoms with Crippen molar-refractivity contribution in [1.29, 1.82) is 0 Å². The summed E-state index contributed by atoms with van der Waals surface area (Å²) in [5.74, 6) is 1.11. The Morgan fingerprint density at radius 2 is 1.66 bits per heavy atom. The fourth-order valence-corrected chi connectivity index (χ4v) is 3.82. The van der Waals surface area contributed by atoms with Crippen LogP contribution in [0.3, 0.4) is 0 Å². The first-order valence-electron chi connectivity index (χ1n) is 11.5. The summed E-state index contributed by atoms with van der Waals surface area (Å²) in [4.78, 5) is 25.1. The molecule has 0 bridgehead atoms. The summed E-state index contributed by atoms with van der Waals surface area (Å²) in [6, 6.07) is 24.3. The Bertz CT molecular complexity index is 1370. The van der Waals surface area contributed by atoms with E-state index in [0.29, 0.717) is 28.5 Å². The number of aromatic nitrogens is 2. The summed E-state index contributed by atoms with van der Waals surface area (Å²) in [6.45, 7) is 2.02. The van der Waals surface area contributed by atoms with Gasteiger partial charge in [-0.1, -0.05) is 29.8 Å². The molecule has 1 heterocycles. The summed E-state index contributed by atoms with van der Waals surface area (Å²) in [5, 5.41) is 10.7. The SMILES string of the molecule is COc1ccccc1-c1cc(NC(=O)c2ccc(NC(=O)C3CC3)cc2)n(-c2ccc(C)cc2)n1. The fourth-order valence-electron chi connectivity index (χ4n) is 3.82. The number of rotatable bonds is 7. The van der Waals surface area contributed by atoms with Gasteiger partial charge in [-0.2, -0.15) is 5.10 Å². The molecule has 3 aromatic carbocycles. The molecule has 2 amide bonds. The van der Waals surface area contributed by atoms with Crippen molar-refractivity contribution >= 4 is 23.3 Å². The fraction of sp³-hybridized carbons (Fsp3) is 0.179. The van der Waals surface area contributed by atoms with Crippen molar-refractivity contribution in [3.05, 3.63) is 90.0 Å². The second-order valence-electron chi connectivity index (χ2n) is 8.66. The van der Waals surface area contributed by atoms with Crippen molar-refractivity contribution in [3.63, 3.8) is 0 Å². The van der Waals surface area contributed by atoms with E-state index in [9.17, 15) is 9.59 Å². The zero-order chi connectivity index (χ0) is 24.4. The highest BCUT2D eigenvalue weighted by molar-refractivity contribution is 6.04. The standard InChI is InChI=1S/C28H26N4O3/c1-18-7-15-22(16-8-18)32-26(17-24(31-32)23-5-3-4-6-25(23)35-2)30-28(34)20-11-13-21(14-12-20)29-27(33)19-9-10-19/h3-8,11-17,19H,9-10H2,1-2H3,(H,29,33)(H,30,34). The highest BCUT2D eigenvalue weighted by atomic mass is 16.5. The number of methoxy groups -OCH3 is 1. The Kier molecular flexibility index (Phi) is 6.06. The highest BCUT2D eigenvalue weighted by Gasteiger charge is 2.29. The lowest BCUT2D eigenvalue weighted by atomic mass is 10.1. The molecule has 0 radical (unpaired) electrons. The van der Waals surface area contributed by atoms with Crippen LogP contribution in [0, 0.1) is 12.8 Å². The number of hydrogen-bond donors (Lipinski definition) is 2. The van der Waals surface area contributed by atoms with Gasteiger partial charge in [0, 0.05) is 28.8 Å². The lowest BCUT2D eigenvalue weighted by molar-refractivity contribution is -0.117. The summed E-state index contributed by atoms with van der Waals surface area (Å²) < 4.78 is 7.22. The van der Waals surface area contributed by atoms with E-state index in [4.69, 9.17) is 9.84 Å². The molecule has 1 aliphatic carbocycles. The molecule has 5 rings (SSSR count). The lowest BCUT2D eigenvalue weighted by Crippen LogP contribution is -2.16. The number of hydrogen-bond acceptors (Lipinski definition) is 4. The third-order valence-corrected chi connectivity index (χ3v) is 5.98. The predicted octanol–water partition coefficient (Wildman–Crippen LogP) is 5.46. The molecule has 2 N–H and O–H groups in total. The zero-order valence-electron chi connectivity index (χ0n) is 19.6. The van der Waals surface area contributed by atoms with Gasteiger partial charge < -0.3 is 15.4 Å². The van der Waals surface area contributed by atoms with E-state index in [-0.39, 0.29) is 17.7 Å². The second kappa shape index (κ2) is 9.46. The first kappa shape index (κ1) is 22.4. The van der Waals surface area contributed by atoms with Crippen LogP contribution in [0.5, 0.6) is 5.75 Å². The molecular weight excluding hydrogens is 440 g/mol. The maximum atomic E-state index is 13.1. The molecule has 176 valence electrons. The molecule has 0 aliphatic heterocycles. The number of ether oxygens (including phenoxy) is 1. The van der Waals surface area contributed by atoms with Crippen LogP contribution in [0.25, 0.3) is 16.9 Å². The summed E-state index contributed by atoms with van der Waals surface area (Å²) in [6.07, 6.45) is 1.88. The van der Waals surface area contributed by atoms with Crippen LogP contribution in [0.4, 0.5) is 11.5 Å².